The zero-order valence-electron chi connectivity index (χ0n) is 14.8. The molecule has 7 heteroatoms. The van der Waals surface area contributed by atoms with Crippen molar-refractivity contribution < 1.29 is 4.79 Å². The van der Waals surface area contributed by atoms with Crippen molar-refractivity contribution in [1.29, 1.82) is 0 Å². The van der Waals surface area contributed by atoms with E-state index in [0.717, 1.165) is 0 Å². The van der Waals surface area contributed by atoms with Gasteiger partial charge in [-0.15, -0.1) is 0 Å². The lowest BCUT2D eigenvalue weighted by molar-refractivity contribution is -0.118. The lowest BCUT2D eigenvalue weighted by Crippen LogP contribution is -2.28. The van der Waals surface area contributed by atoms with Gasteiger partial charge in [0.15, 0.2) is 0 Å². The molecular formula is C19H22N6O. The molecule has 0 saturated carbocycles. The van der Waals surface area contributed by atoms with E-state index >= 15 is 0 Å². The average molecular weight is 350 g/mol. The third kappa shape index (κ3) is 5.86. The molecule has 134 valence electrons. The number of aromatic nitrogens is 3. The van der Waals surface area contributed by atoms with Crippen molar-refractivity contribution in [3.63, 3.8) is 0 Å². The topological polar surface area (TPSA) is 120 Å². The molecule has 2 heterocycles. The molecule has 0 radical (unpaired) electrons. The summed E-state index contributed by atoms with van der Waals surface area (Å²) < 4.78 is 0. The number of aryl methyl sites for hydroxylation is 2. The Kier molecular flexibility index (Phi) is 6.61. The number of benzene rings is 1. The van der Waals surface area contributed by atoms with E-state index in [4.69, 9.17) is 11.5 Å². The van der Waals surface area contributed by atoms with E-state index in [0.29, 0.717) is 11.4 Å². The van der Waals surface area contributed by atoms with E-state index in [9.17, 15) is 4.79 Å². The average Bonchev–Trinajstić information content (AvgIpc) is 2.61. The number of nitrogens with two attached hydrogens (primary N) is 2. The zero-order valence-corrected chi connectivity index (χ0v) is 14.8. The fraction of sp³-hybridized carbons (Fsp3) is 0.158. The largest absolute Gasteiger partial charge is 0.384 e. The molecule has 0 aliphatic rings. The molecule has 0 saturated heterocycles. The Labute approximate surface area is 152 Å². The summed E-state index contributed by atoms with van der Waals surface area (Å²) >= 11 is 0. The van der Waals surface area contributed by atoms with E-state index in [2.05, 4.69) is 58.4 Å². The minimum Gasteiger partial charge on any atom is -0.384 e. The number of hydrogen-bond acceptors (Lipinski definition) is 6. The number of hydrogen-bond donors (Lipinski definition) is 3. The number of carbonyl (C=O) groups is 1. The Morgan fingerprint density at radius 2 is 1.81 bits per heavy atom. The van der Waals surface area contributed by atoms with E-state index < -0.39 is 11.9 Å². The summed E-state index contributed by atoms with van der Waals surface area (Å²) in [5, 5.41) is 2.82. The van der Waals surface area contributed by atoms with Crippen LogP contribution in [-0.2, 0) is 4.79 Å². The van der Waals surface area contributed by atoms with Gasteiger partial charge in [0.25, 0.3) is 0 Å². The molecule has 0 spiro atoms. The van der Waals surface area contributed by atoms with Crippen molar-refractivity contribution in [2.75, 3.05) is 11.1 Å². The van der Waals surface area contributed by atoms with Gasteiger partial charge in [-0.05, 0) is 26.0 Å². The summed E-state index contributed by atoms with van der Waals surface area (Å²) in [4.78, 5) is 23.3. The summed E-state index contributed by atoms with van der Waals surface area (Å²) in [7, 11) is 0. The van der Waals surface area contributed by atoms with Crippen LogP contribution in [0.2, 0.25) is 0 Å². The first kappa shape index (κ1) is 18.9. The lowest BCUT2D eigenvalue weighted by atomic mass is 10.1. The van der Waals surface area contributed by atoms with Gasteiger partial charge in [0.2, 0.25) is 11.9 Å². The second-order valence-electron chi connectivity index (χ2n) is 5.73. The minimum atomic E-state index is -0.750. The van der Waals surface area contributed by atoms with Crippen LogP contribution in [0.5, 0.6) is 0 Å². The van der Waals surface area contributed by atoms with Crippen molar-refractivity contribution in [3.05, 3.63) is 77.7 Å². The SMILES string of the molecule is Cc1cccc(C)c1.NC(=O)C(Nc1nccc(N)n1)c1cccnc1. The van der Waals surface area contributed by atoms with Gasteiger partial charge in [-0.1, -0.05) is 41.5 Å². The molecule has 7 nitrogen and oxygen atoms in total. The number of carbonyl (C=O) groups excluding carboxylic acids is 1. The summed E-state index contributed by atoms with van der Waals surface area (Å²) in [6, 6.07) is 12.7. The molecule has 1 atom stereocenters. The molecule has 1 aromatic carbocycles. The van der Waals surface area contributed by atoms with Crippen molar-refractivity contribution in [2.45, 2.75) is 19.9 Å². The van der Waals surface area contributed by atoms with Crippen molar-refractivity contribution >= 4 is 17.7 Å². The number of anilines is 2. The van der Waals surface area contributed by atoms with Gasteiger partial charge in [0.1, 0.15) is 11.9 Å². The first-order chi connectivity index (χ1) is 12.5. The van der Waals surface area contributed by atoms with Crippen LogP contribution < -0.4 is 16.8 Å². The van der Waals surface area contributed by atoms with Crippen LogP contribution in [0.1, 0.15) is 22.7 Å². The maximum absolute atomic E-state index is 11.4. The summed E-state index contributed by atoms with van der Waals surface area (Å²) in [5.41, 5.74) is 14.2. The highest BCUT2D eigenvalue weighted by molar-refractivity contribution is 5.83. The molecule has 26 heavy (non-hydrogen) atoms. The molecule has 1 amide bonds. The lowest BCUT2D eigenvalue weighted by Gasteiger charge is -2.15. The molecule has 1 unspecified atom stereocenters. The second kappa shape index (κ2) is 9.12. The van der Waals surface area contributed by atoms with Gasteiger partial charge in [0.05, 0.1) is 0 Å². The van der Waals surface area contributed by atoms with Crippen LogP contribution in [-0.4, -0.2) is 20.9 Å². The minimum absolute atomic E-state index is 0.239. The maximum atomic E-state index is 11.4. The first-order valence-electron chi connectivity index (χ1n) is 8.03. The standard InChI is InChI=1S/C11H12N6O.C8H10/c12-8-3-5-15-11(16-8)17-9(10(13)18)7-2-1-4-14-6-7;1-7-4-3-5-8(2)6-7/h1-6,9H,(H2,13,18)(H3,12,15,16,17);3-6H,1-2H3. The molecule has 0 aliphatic heterocycles. The van der Waals surface area contributed by atoms with E-state index in [-0.39, 0.29) is 5.95 Å². The van der Waals surface area contributed by atoms with Gasteiger partial charge in [-0.2, -0.15) is 4.98 Å². The fourth-order valence-electron chi connectivity index (χ4n) is 2.24. The zero-order chi connectivity index (χ0) is 18.9. The third-order valence-electron chi connectivity index (χ3n) is 3.43. The number of amides is 1. The predicted octanol–water partition coefficient (Wildman–Crippen LogP) is 2.40. The number of pyridine rings is 1. The van der Waals surface area contributed by atoms with Crippen LogP contribution >= 0.6 is 0 Å². The van der Waals surface area contributed by atoms with Crippen LogP contribution in [0.3, 0.4) is 0 Å². The van der Waals surface area contributed by atoms with Gasteiger partial charge < -0.3 is 16.8 Å². The summed E-state index contributed by atoms with van der Waals surface area (Å²) in [6.45, 7) is 4.21. The molecule has 0 bridgehead atoms. The Balaban J connectivity index is 0.000000254. The Morgan fingerprint density at radius 3 is 2.31 bits per heavy atom. The van der Waals surface area contributed by atoms with E-state index in [1.165, 1.54) is 17.3 Å². The second-order valence-corrected chi connectivity index (χ2v) is 5.73. The highest BCUT2D eigenvalue weighted by Crippen LogP contribution is 2.16. The number of nitrogen functional groups attached to an aromatic ring is 1. The Hall–Kier alpha value is -3.48. The molecule has 0 fully saturated rings. The number of nitrogens with zero attached hydrogens (tertiary/aromatic N) is 3. The van der Waals surface area contributed by atoms with Crippen molar-refractivity contribution in [1.82, 2.24) is 15.0 Å². The molecule has 5 N–H and O–H groups in total. The third-order valence-corrected chi connectivity index (χ3v) is 3.43. The van der Waals surface area contributed by atoms with Gasteiger partial charge in [0, 0.05) is 24.2 Å². The predicted molar refractivity (Wildman–Crippen MR) is 102 cm³/mol. The first-order valence-corrected chi connectivity index (χ1v) is 8.03. The fourth-order valence-corrected chi connectivity index (χ4v) is 2.24. The number of primary amides is 1. The molecule has 0 aliphatic carbocycles. The molecule has 3 rings (SSSR count). The summed E-state index contributed by atoms with van der Waals surface area (Å²) in [5.74, 6) is -0.00131. The van der Waals surface area contributed by atoms with Crippen LogP contribution in [0, 0.1) is 13.8 Å². The summed E-state index contributed by atoms with van der Waals surface area (Å²) in [6.07, 6.45) is 4.65. The molecule has 3 aromatic rings. The van der Waals surface area contributed by atoms with Crippen LogP contribution in [0.25, 0.3) is 0 Å². The molecule has 2 aromatic heterocycles. The highest BCUT2D eigenvalue weighted by Gasteiger charge is 2.18. The maximum Gasteiger partial charge on any atom is 0.244 e. The van der Waals surface area contributed by atoms with Crippen LogP contribution in [0.15, 0.2) is 61.1 Å². The highest BCUT2D eigenvalue weighted by atomic mass is 16.1. The number of rotatable bonds is 4. The smallest absolute Gasteiger partial charge is 0.244 e. The quantitative estimate of drug-likeness (QED) is 0.664. The Bertz CT molecular complexity index is 836. The van der Waals surface area contributed by atoms with Gasteiger partial charge >= 0.3 is 0 Å². The Morgan fingerprint density at radius 1 is 1.08 bits per heavy atom. The van der Waals surface area contributed by atoms with Gasteiger partial charge in [-0.25, -0.2) is 4.98 Å². The van der Waals surface area contributed by atoms with Crippen molar-refractivity contribution in [3.8, 4) is 0 Å². The van der Waals surface area contributed by atoms with Gasteiger partial charge in [-0.3, -0.25) is 9.78 Å². The normalized spacial score (nSPS) is 11.0. The molecular weight excluding hydrogens is 328 g/mol. The van der Waals surface area contributed by atoms with E-state index in [1.807, 2.05) is 0 Å². The van der Waals surface area contributed by atoms with Crippen LogP contribution in [0.4, 0.5) is 11.8 Å². The monoisotopic (exact) mass is 350 g/mol. The number of nitrogens with one attached hydrogen (secondary N) is 1. The van der Waals surface area contributed by atoms with E-state index in [1.54, 1.807) is 30.6 Å². The van der Waals surface area contributed by atoms with Crippen molar-refractivity contribution in [2.24, 2.45) is 5.73 Å².